The number of aromatic nitrogens is 1. The van der Waals surface area contributed by atoms with E-state index in [9.17, 15) is 9.59 Å². The second kappa shape index (κ2) is 7.31. The highest BCUT2D eigenvalue weighted by Crippen LogP contribution is 2.39. The second-order valence-corrected chi connectivity index (χ2v) is 8.11. The number of nitrogens with zero attached hydrogens (tertiary/aromatic N) is 1. The minimum absolute atomic E-state index is 0.00595. The van der Waals surface area contributed by atoms with E-state index in [1.807, 2.05) is 33.8 Å². The summed E-state index contributed by atoms with van der Waals surface area (Å²) in [6.45, 7) is 9.40. The van der Waals surface area contributed by atoms with Crippen LogP contribution in [0.4, 0.5) is 0 Å². The molecule has 0 aliphatic carbocycles. The van der Waals surface area contributed by atoms with Crippen molar-refractivity contribution in [3.8, 4) is 0 Å². The maximum atomic E-state index is 11.4. The summed E-state index contributed by atoms with van der Waals surface area (Å²) in [7, 11) is -0.575. The molecule has 0 bridgehead atoms. The molecule has 0 unspecified atom stereocenters. The van der Waals surface area contributed by atoms with Crippen LogP contribution in [0.1, 0.15) is 50.5 Å². The molecule has 0 radical (unpaired) electrons. The Morgan fingerprint density at radius 3 is 2.36 bits per heavy atom. The first-order valence-corrected chi connectivity index (χ1v) is 8.95. The molecule has 0 atom stereocenters. The van der Waals surface area contributed by atoms with Crippen LogP contribution >= 0.6 is 11.8 Å². The first-order chi connectivity index (χ1) is 11.5. The molecule has 1 aliphatic rings. The molecule has 1 fully saturated rings. The Bertz CT molecular complexity index is 702. The average Bonchev–Trinajstić information content (AvgIpc) is 2.71. The molecule has 0 saturated carbocycles. The monoisotopic (exact) mass is 362 g/mol. The Labute approximate surface area is 152 Å². The van der Waals surface area contributed by atoms with Gasteiger partial charge in [-0.15, -0.1) is 0 Å². The van der Waals surface area contributed by atoms with Gasteiger partial charge in [-0.1, -0.05) is 17.8 Å². The van der Waals surface area contributed by atoms with Crippen molar-refractivity contribution in [2.24, 2.45) is 5.73 Å². The van der Waals surface area contributed by atoms with E-state index in [1.54, 1.807) is 12.3 Å². The fraction of sp³-hybridized carbons (Fsp3) is 0.471. The van der Waals surface area contributed by atoms with Gasteiger partial charge in [0.15, 0.2) is 5.12 Å². The third-order valence-corrected chi connectivity index (χ3v) is 5.28. The highest BCUT2D eigenvalue weighted by atomic mass is 32.2. The van der Waals surface area contributed by atoms with E-state index in [2.05, 4.69) is 4.98 Å². The molecule has 0 aromatic carbocycles. The maximum absolute atomic E-state index is 11.4. The van der Waals surface area contributed by atoms with Crippen LogP contribution in [0.2, 0.25) is 0 Å². The van der Waals surface area contributed by atoms with Gasteiger partial charge in [0.2, 0.25) is 5.91 Å². The largest absolute Gasteiger partial charge is 0.491 e. The summed E-state index contributed by atoms with van der Waals surface area (Å²) >= 11 is 1.18. The number of nitrogens with two attached hydrogens (primary N) is 1. The lowest BCUT2D eigenvalue weighted by atomic mass is 9.78. The van der Waals surface area contributed by atoms with Gasteiger partial charge < -0.3 is 15.0 Å². The van der Waals surface area contributed by atoms with Gasteiger partial charge in [-0.05, 0) is 44.8 Å². The fourth-order valence-electron chi connectivity index (χ4n) is 2.24. The number of carbonyl (C=O) groups excluding carboxylic acids is 2. The van der Waals surface area contributed by atoms with E-state index in [-0.39, 0.29) is 5.12 Å². The molecule has 25 heavy (non-hydrogen) atoms. The molecule has 0 spiro atoms. The van der Waals surface area contributed by atoms with E-state index in [0.29, 0.717) is 16.9 Å². The van der Waals surface area contributed by atoms with Gasteiger partial charge >= 0.3 is 7.12 Å². The number of hydrogen-bond donors (Lipinski definition) is 1. The Kier molecular flexibility index (Phi) is 5.76. The molecule has 134 valence electrons. The number of thioether (sulfide) groups is 1. The molecule has 2 N–H and O–H groups in total. The van der Waals surface area contributed by atoms with Gasteiger partial charge in [-0.3, -0.25) is 14.6 Å². The molecule has 8 heteroatoms. The van der Waals surface area contributed by atoms with Crippen LogP contribution in [0, 0.1) is 0 Å². The second-order valence-electron chi connectivity index (χ2n) is 6.96. The van der Waals surface area contributed by atoms with Crippen LogP contribution < -0.4 is 5.73 Å². The highest BCUT2D eigenvalue weighted by molar-refractivity contribution is 8.13. The molecule has 1 aliphatic heterocycles. The Morgan fingerprint density at radius 2 is 1.84 bits per heavy atom. The molecule has 1 aromatic heterocycles. The van der Waals surface area contributed by atoms with Crippen LogP contribution in [0.3, 0.4) is 0 Å². The molecule has 1 aromatic rings. The molecule has 6 nitrogen and oxygen atoms in total. The van der Waals surface area contributed by atoms with Crippen molar-refractivity contribution < 1.29 is 18.9 Å². The van der Waals surface area contributed by atoms with Crippen molar-refractivity contribution in [3.05, 3.63) is 35.1 Å². The standard InChI is InChI=1S/C17H23BN2O4S/c1-11(21)25-10-14(18-23-16(2,3)17(4,5)24-18)7-12-6-13(15(19)22)9-20-8-12/h6-9H,10H2,1-5H3,(H2,19,22). The summed E-state index contributed by atoms with van der Waals surface area (Å²) in [5.74, 6) is -0.120. The third-order valence-electron chi connectivity index (χ3n) is 4.39. The van der Waals surface area contributed by atoms with Crippen molar-refractivity contribution in [1.82, 2.24) is 4.98 Å². The van der Waals surface area contributed by atoms with E-state index in [1.165, 1.54) is 24.9 Å². The van der Waals surface area contributed by atoms with Gasteiger partial charge in [-0.25, -0.2) is 0 Å². The zero-order chi connectivity index (χ0) is 18.8. The van der Waals surface area contributed by atoms with Crippen LogP contribution in [0.15, 0.2) is 23.9 Å². The van der Waals surface area contributed by atoms with Crippen LogP contribution in [0.25, 0.3) is 6.08 Å². The number of primary amides is 1. The van der Waals surface area contributed by atoms with Crippen LogP contribution in [0.5, 0.6) is 0 Å². The van der Waals surface area contributed by atoms with Crippen molar-refractivity contribution in [2.75, 3.05) is 5.75 Å². The first kappa shape index (κ1) is 19.7. The number of carbonyl (C=O) groups is 2. The zero-order valence-corrected chi connectivity index (χ0v) is 16.0. The Balaban J connectivity index is 2.35. The number of rotatable bonds is 5. The van der Waals surface area contributed by atoms with E-state index in [4.69, 9.17) is 15.0 Å². The third kappa shape index (κ3) is 4.71. The molecule has 2 heterocycles. The van der Waals surface area contributed by atoms with Crippen LogP contribution in [-0.4, -0.2) is 40.1 Å². The van der Waals surface area contributed by atoms with Crippen LogP contribution in [-0.2, 0) is 14.1 Å². The van der Waals surface area contributed by atoms with E-state index in [0.717, 1.165) is 5.47 Å². The van der Waals surface area contributed by atoms with Gasteiger partial charge in [0, 0.05) is 25.1 Å². The number of pyridine rings is 1. The summed E-state index contributed by atoms with van der Waals surface area (Å²) < 4.78 is 12.2. The van der Waals surface area contributed by atoms with Gasteiger partial charge in [0.05, 0.1) is 16.8 Å². The lowest BCUT2D eigenvalue weighted by Gasteiger charge is -2.32. The molecular formula is C17H23BN2O4S. The first-order valence-electron chi connectivity index (χ1n) is 7.96. The van der Waals surface area contributed by atoms with Gasteiger partial charge in [0.25, 0.3) is 0 Å². The fourth-order valence-corrected chi connectivity index (χ4v) is 2.83. The van der Waals surface area contributed by atoms with Crippen molar-refractivity contribution in [3.63, 3.8) is 0 Å². The normalized spacial score (nSPS) is 19.1. The number of amides is 1. The Morgan fingerprint density at radius 1 is 1.24 bits per heavy atom. The topological polar surface area (TPSA) is 91.5 Å². The average molecular weight is 362 g/mol. The van der Waals surface area contributed by atoms with Gasteiger partial charge in [-0.2, -0.15) is 0 Å². The predicted molar refractivity (Wildman–Crippen MR) is 100.0 cm³/mol. The van der Waals surface area contributed by atoms with Gasteiger partial charge in [0.1, 0.15) is 0 Å². The molecule has 1 amide bonds. The smallest absolute Gasteiger partial charge is 0.400 e. The minimum atomic E-state index is -0.575. The predicted octanol–water partition coefficient (Wildman–Crippen LogP) is 2.48. The lowest BCUT2D eigenvalue weighted by Crippen LogP contribution is -2.41. The van der Waals surface area contributed by atoms with E-state index >= 15 is 0 Å². The summed E-state index contributed by atoms with van der Waals surface area (Å²) in [5, 5.41) is 0.00595. The summed E-state index contributed by atoms with van der Waals surface area (Å²) in [4.78, 5) is 26.8. The molecule has 2 rings (SSSR count). The minimum Gasteiger partial charge on any atom is -0.400 e. The Hall–Kier alpha value is -1.64. The molecular weight excluding hydrogens is 339 g/mol. The summed E-state index contributed by atoms with van der Waals surface area (Å²) in [5.41, 5.74) is 6.16. The van der Waals surface area contributed by atoms with E-state index < -0.39 is 24.2 Å². The van der Waals surface area contributed by atoms with Crippen molar-refractivity contribution in [2.45, 2.75) is 45.8 Å². The maximum Gasteiger partial charge on any atom is 0.491 e. The highest BCUT2D eigenvalue weighted by Gasteiger charge is 2.52. The number of hydrogen-bond acceptors (Lipinski definition) is 6. The molecule has 1 saturated heterocycles. The van der Waals surface area contributed by atoms with Crippen molar-refractivity contribution >= 4 is 36.0 Å². The summed E-state index contributed by atoms with van der Waals surface area (Å²) in [6, 6.07) is 1.65. The zero-order valence-electron chi connectivity index (χ0n) is 15.2. The van der Waals surface area contributed by atoms with Crippen molar-refractivity contribution in [1.29, 1.82) is 0 Å². The summed E-state index contributed by atoms with van der Waals surface area (Å²) in [6.07, 6.45) is 4.87. The quantitative estimate of drug-likeness (QED) is 0.809. The SMILES string of the molecule is CC(=O)SCC(=Cc1cncc(C(N)=O)c1)B1OC(C)(C)C(C)(C)O1. The lowest BCUT2D eigenvalue weighted by molar-refractivity contribution is -0.109.